The summed E-state index contributed by atoms with van der Waals surface area (Å²) >= 11 is 0. The minimum atomic E-state index is -0.996. The summed E-state index contributed by atoms with van der Waals surface area (Å²) in [5.41, 5.74) is 0. The highest BCUT2D eigenvalue weighted by atomic mass is 19.1. The van der Waals surface area contributed by atoms with Crippen LogP contribution in [0.25, 0.3) is 0 Å². The molecule has 1 rings (SSSR count). The first kappa shape index (κ1) is 10.4. The Morgan fingerprint density at radius 3 is 2.46 bits per heavy atom. The molecule has 13 heavy (non-hydrogen) atoms. The van der Waals surface area contributed by atoms with Gasteiger partial charge in [0.05, 0.1) is 5.92 Å². The molecule has 1 N–H and O–H groups in total. The van der Waals surface area contributed by atoms with E-state index in [0.29, 0.717) is 12.8 Å². The fraction of sp³-hybridized carbons (Fsp3) is 0.889. The Morgan fingerprint density at radius 2 is 2.08 bits per heavy atom. The molecule has 0 aromatic carbocycles. The Balaban J connectivity index is 2.51. The van der Waals surface area contributed by atoms with Crippen LogP contribution in [0.1, 0.15) is 19.3 Å². The first-order valence-electron chi connectivity index (χ1n) is 4.55. The Kier molecular flexibility index (Phi) is 3.25. The molecule has 0 aromatic rings. The van der Waals surface area contributed by atoms with Gasteiger partial charge in [0.25, 0.3) is 0 Å². The van der Waals surface area contributed by atoms with Crippen molar-refractivity contribution in [2.24, 2.45) is 5.92 Å². The van der Waals surface area contributed by atoms with Crippen LogP contribution >= 0.6 is 0 Å². The first-order valence-corrected chi connectivity index (χ1v) is 4.55. The molecule has 0 bridgehead atoms. The van der Waals surface area contributed by atoms with Gasteiger partial charge in [-0.2, -0.15) is 0 Å². The molecule has 1 fully saturated rings. The quantitative estimate of drug-likeness (QED) is 0.708. The van der Waals surface area contributed by atoms with Crippen LogP contribution in [0, 0.1) is 5.92 Å². The van der Waals surface area contributed by atoms with Gasteiger partial charge in [-0.25, -0.2) is 4.39 Å². The topological polar surface area (TPSA) is 40.5 Å². The molecule has 1 aliphatic rings. The highest BCUT2D eigenvalue weighted by molar-refractivity contribution is 5.70. The minimum absolute atomic E-state index is 0.101. The number of nitrogens with zero attached hydrogens (tertiary/aromatic N) is 1. The number of carboxylic acid groups (broad SMARTS) is 1. The molecule has 0 radical (unpaired) electrons. The molecule has 0 spiro atoms. The number of rotatable bonds is 2. The summed E-state index contributed by atoms with van der Waals surface area (Å²) in [5.74, 6) is -1.34. The van der Waals surface area contributed by atoms with E-state index in [1.54, 1.807) is 0 Å². The molecule has 0 amide bonds. The third-order valence-electron chi connectivity index (χ3n) is 2.75. The number of aliphatic carboxylic acids is 1. The number of carbonyl (C=O) groups is 1. The van der Waals surface area contributed by atoms with Gasteiger partial charge in [0.1, 0.15) is 6.17 Å². The first-order chi connectivity index (χ1) is 6.02. The zero-order valence-corrected chi connectivity index (χ0v) is 8.03. The van der Waals surface area contributed by atoms with Gasteiger partial charge in [-0.3, -0.25) is 4.79 Å². The molecule has 76 valence electrons. The van der Waals surface area contributed by atoms with E-state index in [1.165, 1.54) is 0 Å². The van der Waals surface area contributed by atoms with Crippen molar-refractivity contribution in [1.82, 2.24) is 4.90 Å². The maximum absolute atomic E-state index is 13.4. The van der Waals surface area contributed by atoms with Crippen molar-refractivity contribution in [1.29, 1.82) is 0 Å². The summed E-state index contributed by atoms with van der Waals surface area (Å²) in [6.07, 6.45) is 0.409. The number of alkyl halides is 1. The van der Waals surface area contributed by atoms with Gasteiger partial charge in [0, 0.05) is 6.04 Å². The number of hydrogen-bond acceptors (Lipinski definition) is 2. The Labute approximate surface area is 77.5 Å². The summed E-state index contributed by atoms with van der Waals surface area (Å²) in [6, 6.07) is -0.101. The zero-order chi connectivity index (χ0) is 10.0. The van der Waals surface area contributed by atoms with Crippen molar-refractivity contribution in [2.75, 3.05) is 14.1 Å². The summed E-state index contributed by atoms with van der Waals surface area (Å²) in [7, 11) is 3.66. The second kappa shape index (κ2) is 4.05. The van der Waals surface area contributed by atoms with Gasteiger partial charge < -0.3 is 10.0 Å². The minimum Gasteiger partial charge on any atom is -0.481 e. The predicted octanol–water partition coefficient (Wildman–Crippen LogP) is 1.14. The fourth-order valence-corrected chi connectivity index (χ4v) is 1.91. The second-order valence-electron chi connectivity index (χ2n) is 3.90. The fourth-order valence-electron chi connectivity index (χ4n) is 1.91. The zero-order valence-electron chi connectivity index (χ0n) is 8.03. The molecular weight excluding hydrogens is 173 g/mol. The van der Waals surface area contributed by atoms with Crippen LogP contribution in [0.2, 0.25) is 0 Å². The normalized spacial score (nSPS) is 34.9. The molecule has 4 heteroatoms. The maximum Gasteiger partial charge on any atom is 0.306 e. The van der Waals surface area contributed by atoms with Crippen molar-refractivity contribution in [3.05, 3.63) is 0 Å². The van der Waals surface area contributed by atoms with E-state index in [-0.39, 0.29) is 12.5 Å². The van der Waals surface area contributed by atoms with Crippen LogP contribution in [0.15, 0.2) is 0 Å². The lowest BCUT2D eigenvalue weighted by molar-refractivity contribution is -0.144. The molecule has 0 aliphatic heterocycles. The smallest absolute Gasteiger partial charge is 0.306 e. The van der Waals surface area contributed by atoms with Crippen LogP contribution in [0.4, 0.5) is 4.39 Å². The van der Waals surface area contributed by atoms with E-state index >= 15 is 0 Å². The van der Waals surface area contributed by atoms with Crippen molar-refractivity contribution in [3.8, 4) is 0 Å². The third kappa shape index (κ3) is 2.40. The highest BCUT2D eigenvalue weighted by Gasteiger charge is 2.34. The summed E-state index contributed by atoms with van der Waals surface area (Å²) in [4.78, 5) is 12.4. The summed E-state index contributed by atoms with van der Waals surface area (Å²) in [5, 5.41) is 8.70. The maximum atomic E-state index is 13.4. The van der Waals surface area contributed by atoms with Gasteiger partial charge in [0.2, 0.25) is 0 Å². The lowest BCUT2D eigenvalue weighted by Crippen LogP contribution is -2.42. The average molecular weight is 189 g/mol. The van der Waals surface area contributed by atoms with Gasteiger partial charge in [0.15, 0.2) is 0 Å². The number of halogens is 1. The summed E-state index contributed by atoms with van der Waals surface area (Å²) < 4.78 is 13.4. The van der Waals surface area contributed by atoms with Crippen LogP contribution < -0.4 is 0 Å². The predicted molar refractivity (Wildman–Crippen MR) is 47.3 cm³/mol. The number of hydrogen-bond donors (Lipinski definition) is 1. The molecule has 0 heterocycles. The summed E-state index contributed by atoms with van der Waals surface area (Å²) in [6.45, 7) is 0. The third-order valence-corrected chi connectivity index (χ3v) is 2.75. The average Bonchev–Trinajstić information content (AvgIpc) is 2.03. The van der Waals surface area contributed by atoms with Gasteiger partial charge in [-0.15, -0.1) is 0 Å². The van der Waals surface area contributed by atoms with E-state index in [4.69, 9.17) is 5.11 Å². The van der Waals surface area contributed by atoms with Crippen LogP contribution in [-0.2, 0) is 4.79 Å². The van der Waals surface area contributed by atoms with Crippen molar-refractivity contribution in [2.45, 2.75) is 31.5 Å². The van der Waals surface area contributed by atoms with E-state index in [2.05, 4.69) is 0 Å². The molecule has 0 saturated heterocycles. The molecule has 3 atom stereocenters. The Morgan fingerprint density at radius 1 is 1.46 bits per heavy atom. The highest BCUT2D eigenvalue weighted by Crippen LogP contribution is 2.29. The van der Waals surface area contributed by atoms with Crippen LogP contribution in [0.3, 0.4) is 0 Å². The molecule has 0 aromatic heterocycles. The van der Waals surface area contributed by atoms with Crippen molar-refractivity contribution in [3.63, 3.8) is 0 Å². The molecule has 3 unspecified atom stereocenters. The SMILES string of the molecule is CN(C)C1CCC(C(=O)O)CC1F. The Hall–Kier alpha value is -0.640. The van der Waals surface area contributed by atoms with Gasteiger partial charge in [-0.1, -0.05) is 0 Å². The lowest BCUT2D eigenvalue weighted by atomic mass is 9.84. The van der Waals surface area contributed by atoms with E-state index in [1.807, 2.05) is 19.0 Å². The lowest BCUT2D eigenvalue weighted by Gasteiger charge is -2.33. The van der Waals surface area contributed by atoms with Crippen molar-refractivity contribution >= 4 is 5.97 Å². The second-order valence-corrected chi connectivity index (χ2v) is 3.90. The Bertz CT molecular complexity index is 196. The molecule has 1 aliphatic carbocycles. The number of carboxylic acids is 1. The van der Waals surface area contributed by atoms with Gasteiger partial charge >= 0.3 is 5.97 Å². The largest absolute Gasteiger partial charge is 0.481 e. The van der Waals surface area contributed by atoms with Crippen LogP contribution in [0.5, 0.6) is 0 Å². The van der Waals surface area contributed by atoms with Gasteiger partial charge in [-0.05, 0) is 33.4 Å². The van der Waals surface area contributed by atoms with Crippen LogP contribution in [-0.4, -0.2) is 42.3 Å². The molecular formula is C9H16FNO2. The van der Waals surface area contributed by atoms with E-state index in [9.17, 15) is 9.18 Å². The molecule has 3 nitrogen and oxygen atoms in total. The van der Waals surface area contributed by atoms with Crippen molar-refractivity contribution < 1.29 is 14.3 Å². The standard InChI is InChI=1S/C9H16FNO2/c1-11(2)8-4-3-6(9(12)13)5-7(8)10/h6-8H,3-5H2,1-2H3,(H,12,13). The molecule has 1 saturated carbocycles. The monoisotopic (exact) mass is 189 g/mol. The van der Waals surface area contributed by atoms with E-state index < -0.39 is 18.1 Å². The van der Waals surface area contributed by atoms with E-state index in [0.717, 1.165) is 0 Å².